The third-order valence-electron chi connectivity index (χ3n) is 2.41. The maximum Gasteiger partial charge on any atom is 0.338 e. The molecule has 18 heavy (non-hydrogen) atoms. The monoisotopic (exact) mass is 250 g/mol. The van der Waals surface area contributed by atoms with Gasteiger partial charge < -0.3 is 9.47 Å². The lowest BCUT2D eigenvalue weighted by molar-refractivity contribution is 0.0526. The van der Waals surface area contributed by atoms with Gasteiger partial charge in [0.1, 0.15) is 5.75 Å². The highest BCUT2D eigenvalue weighted by Gasteiger charge is 2.15. The van der Waals surface area contributed by atoms with Gasteiger partial charge in [0.15, 0.2) is 5.78 Å². The Hall–Kier alpha value is -1.84. The maximum absolute atomic E-state index is 11.8. The summed E-state index contributed by atoms with van der Waals surface area (Å²) in [4.78, 5) is 23.4. The Bertz CT molecular complexity index is 437. The molecule has 0 N–H and O–H groups in total. The van der Waals surface area contributed by atoms with Crippen molar-refractivity contribution in [1.82, 2.24) is 0 Å². The highest BCUT2D eigenvalue weighted by atomic mass is 16.5. The molecule has 0 aliphatic rings. The van der Waals surface area contributed by atoms with E-state index in [1.807, 2.05) is 6.92 Å². The molecule has 0 heterocycles. The van der Waals surface area contributed by atoms with E-state index in [1.165, 1.54) is 6.07 Å². The zero-order chi connectivity index (χ0) is 13.5. The standard InChI is InChI=1S/C14H18O4/c1-4-12(15)11-9-10(14(16)18-6-3)7-8-13(11)17-5-2/h7-9H,4-6H2,1-3H3. The van der Waals surface area contributed by atoms with Crippen molar-refractivity contribution in [2.24, 2.45) is 0 Å². The molecular formula is C14H18O4. The first kappa shape index (κ1) is 14.2. The summed E-state index contributed by atoms with van der Waals surface area (Å²) in [5.41, 5.74) is 0.807. The van der Waals surface area contributed by atoms with Crippen LogP contribution in [0, 0.1) is 0 Å². The predicted octanol–water partition coefficient (Wildman–Crippen LogP) is 2.85. The number of hydrogen-bond acceptors (Lipinski definition) is 4. The van der Waals surface area contributed by atoms with Gasteiger partial charge in [0.2, 0.25) is 0 Å². The molecule has 0 aliphatic carbocycles. The van der Waals surface area contributed by atoms with Crippen LogP contribution in [-0.2, 0) is 4.74 Å². The fourth-order valence-corrected chi connectivity index (χ4v) is 1.56. The Labute approximate surface area is 107 Å². The molecule has 98 valence electrons. The molecule has 0 saturated carbocycles. The maximum atomic E-state index is 11.8. The van der Waals surface area contributed by atoms with Crippen molar-refractivity contribution in [2.75, 3.05) is 13.2 Å². The molecule has 4 nitrogen and oxygen atoms in total. The van der Waals surface area contributed by atoms with Crippen LogP contribution in [0.4, 0.5) is 0 Å². The molecule has 0 amide bonds. The zero-order valence-corrected chi connectivity index (χ0v) is 11.0. The van der Waals surface area contributed by atoms with Gasteiger partial charge in [0.25, 0.3) is 0 Å². The minimum Gasteiger partial charge on any atom is -0.493 e. The SMILES string of the molecule is CCOC(=O)c1ccc(OCC)c(C(=O)CC)c1. The quantitative estimate of drug-likeness (QED) is 0.575. The van der Waals surface area contributed by atoms with E-state index in [0.717, 1.165) is 0 Å². The Morgan fingerprint density at radius 1 is 1.11 bits per heavy atom. The summed E-state index contributed by atoms with van der Waals surface area (Å²) in [6, 6.07) is 4.78. The number of benzene rings is 1. The Morgan fingerprint density at radius 3 is 2.39 bits per heavy atom. The highest BCUT2D eigenvalue weighted by Crippen LogP contribution is 2.22. The van der Waals surface area contributed by atoms with Crippen LogP contribution in [0.3, 0.4) is 0 Å². The van der Waals surface area contributed by atoms with E-state index in [2.05, 4.69) is 0 Å². The van der Waals surface area contributed by atoms with E-state index in [0.29, 0.717) is 36.5 Å². The van der Waals surface area contributed by atoms with Crippen LogP contribution in [0.15, 0.2) is 18.2 Å². The lowest BCUT2D eigenvalue weighted by Gasteiger charge is -2.10. The number of hydrogen-bond donors (Lipinski definition) is 0. The molecule has 1 rings (SSSR count). The molecule has 0 radical (unpaired) electrons. The second kappa shape index (κ2) is 6.79. The average Bonchev–Trinajstić information content (AvgIpc) is 2.39. The summed E-state index contributed by atoms with van der Waals surface area (Å²) in [5.74, 6) is 0.0349. The van der Waals surface area contributed by atoms with E-state index < -0.39 is 5.97 Å². The second-order valence-electron chi connectivity index (χ2n) is 3.64. The van der Waals surface area contributed by atoms with Crippen LogP contribution in [0.25, 0.3) is 0 Å². The van der Waals surface area contributed by atoms with E-state index in [1.54, 1.807) is 26.0 Å². The van der Waals surface area contributed by atoms with Gasteiger partial charge in [-0.25, -0.2) is 4.79 Å². The van der Waals surface area contributed by atoms with Crippen LogP contribution in [-0.4, -0.2) is 25.0 Å². The van der Waals surface area contributed by atoms with Crippen molar-refractivity contribution in [1.29, 1.82) is 0 Å². The minimum absolute atomic E-state index is 0.0513. The van der Waals surface area contributed by atoms with Gasteiger partial charge in [-0.3, -0.25) is 4.79 Å². The third-order valence-corrected chi connectivity index (χ3v) is 2.41. The van der Waals surface area contributed by atoms with Crippen molar-refractivity contribution in [3.63, 3.8) is 0 Å². The molecular weight excluding hydrogens is 232 g/mol. The summed E-state index contributed by atoms with van der Waals surface area (Å²) in [7, 11) is 0. The molecule has 0 unspecified atom stereocenters. The van der Waals surface area contributed by atoms with Gasteiger partial charge in [-0.05, 0) is 32.0 Å². The smallest absolute Gasteiger partial charge is 0.338 e. The lowest BCUT2D eigenvalue weighted by Crippen LogP contribution is -2.08. The number of Topliss-reactive ketones (excluding diaryl/α,β-unsaturated/α-hetero) is 1. The molecule has 4 heteroatoms. The zero-order valence-electron chi connectivity index (χ0n) is 11.0. The minimum atomic E-state index is -0.425. The normalized spacial score (nSPS) is 9.94. The highest BCUT2D eigenvalue weighted by molar-refractivity contribution is 6.01. The number of esters is 1. The summed E-state index contributed by atoms with van der Waals surface area (Å²) in [6.45, 7) is 6.14. The van der Waals surface area contributed by atoms with E-state index in [9.17, 15) is 9.59 Å². The molecule has 0 bridgehead atoms. The molecule has 0 fully saturated rings. The largest absolute Gasteiger partial charge is 0.493 e. The molecule has 0 spiro atoms. The second-order valence-corrected chi connectivity index (χ2v) is 3.64. The summed E-state index contributed by atoms with van der Waals surface area (Å²) in [6.07, 6.45) is 0.367. The van der Waals surface area contributed by atoms with Gasteiger partial charge in [0, 0.05) is 6.42 Å². The van der Waals surface area contributed by atoms with Crippen LogP contribution in [0.2, 0.25) is 0 Å². The molecule has 0 aromatic heterocycles. The number of ketones is 1. The molecule has 0 atom stereocenters. The first-order chi connectivity index (χ1) is 8.63. The first-order valence-electron chi connectivity index (χ1n) is 6.11. The van der Waals surface area contributed by atoms with Crippen molar-refractivity contribution in [3.8, 4) is 5.75 Å². The average molecular weight is 250 g/mol. The summed E-state index contributed by atoms with van der Waals surface area (Å²) >= 11 is 0. The lowest BCUT2D eigenvalue weighted by atomic mass is 10.0. The van der Waals surface area contributed by atoms with Gasteiger partial charge >= 0.3 is 5.97 Å². The molecule has 0 aliphatic heterocycles. The van der Waals surface area contributed by atoms with Gasteiger partial charge in [-0.1, -0.05) is 6.92 Å². The number of ether oxygens (including phenoxy) is 2. The van der Waals surface area contributed by atoms with Crippen molar-refractivity contribution < 1.29 is 19.1 Å². The number of rotatable bonds is 6. The van der Waals surface area contributed by atoms with Crippen molar-refractivity contribution >= 4 is 11.8 Å². The van der Waals surface area contributed by atoms with Crippen LogP contribution in [0.1, 0.15) is 47.9 Å². The van der Waals surface area contributed by atoms with Crippen molar-refractivity contribution in [2.45, 2.75) is 27.2 Å². The third kappa shape index (κ3) is 3.32. The first-order valence-corrected chi connectivity index (χ1v) is 6.11. The van der Waals surface area contributed by atoms with Crippen molar-refractivity contribution in [3.05, 3.63) is 29.3 Å². The van der Waals surface area contributed by atoms with Crippen LogP contribution < -0.4 is 4.74 Å². The van der Waals surface area contributed by atoms with E-state index >= 15 is 0 Å². The number of carbonyl (C=O) groups is 2. The molecule has 1 aromatic carbocycles. The Kier molecular flexibility index (Phi) is 5.36. The van der Waals surface area contributed by atoms with E-state index in [4.69, 9.17) is 9.47 Å². The molecule has 0 saturated heterocycles. The number of carbonyl (C=O) groups excluding carboxylic acids is 2. The van der Waals surface area contributed by atoms with Gasteiger partial charge in [0.05, 0.1) is 24.3 Å². The predicted molar refractivity (Wildman–Crippen MR) is 68.2 cm³/mol. The van der Waals surface area contributed by atoms with Crippen LogP contribution in [0.5, 0.6) is 5.75 Å². The molecule has 1 aromatic rings. The Morgan fingerprint density at radius 2 is 1.83 bits per heavy atom. The summed E-state index contributed by atoms with van der Waals surface area (Å²) < 4.78 is 10.3. The van der Waals surface area contributed by atoms with E-state index in [-0.39, 0.29) is 5.78 Å². The van der Waals surface area contributed by atoms with Crippen LogP contribution >= 0.6 is 0 Å². The fraction of sp³-hybridized carbons (Fsp3) is 0.429. The Balaban J connectivity index is 3.12. The fourth-order valence-electron chi connectivity index (χ4n) is 1.56. The van der Waals surface area contributed by atoms with Gasteiger partial charge in [-0.15, -0.1) is 0 Å². The topological polar surface area (TPSA) is 52.6 Å². The van der Waals surface area contributed by atoms with Gasteiger partial charge in [-0.2, -0.15) is 0 Å². The summed E-state index contributed by atoms with van der Waals surface area (Å²) in [5, 5.41) is 0.